The predicted octanol–water partition coefficient (Wildman–Crippen LogP) is 2.90. The molecular weight excluding hydrogens is 246 g/mol. The number of nitrogens with zero attached hydrogens (tertiary/aromatic N) is 1. The zero-order chi connectivity index (χ0) is 12.7. The second kappa shape index (κ2) is 4.84. The molecule has 2 unspecified atom stereocenters. The van der Waals surface area contributed by atoms with E-state index >= 15 is 0 Å². The van der Waals surface area contributed by atoms with E-state index in [1.807, 2.05) is 12.1 Å². The van der Waals surface area contributed by atoms with Crippen LogP contribution in [0.4, 0.5) is 0 Å². The topological polar surface area (TPSA) is 23.5 Å². The fourth-order valence-electron chi connectivity index (χ4n) is 3.92. The molecule has 1 aromatic carbocycles. The first kappa shape index (κ1) is 12.5. The molecule has 0 aromatic heterocycles. The first-order valence-corrected chi connectivity index (χ1v) is 7.16. The van der Waals surface area contributed by atoms with Gasteiger partial charge in [-0.1, -0.05) is 23.7 Å². The number of aliphatic hydroxyl groups excluding tert-OH is 1. The summed E-state index contributed by atoms with van der Waals surface area (Å²) in [5.74, 6) is 0.857. The summed E-state index contributed by atoms with van der Waals surface area (Å²) in [6, 6.07) is 9.42. The molecule has 2 saturated heterocycles. The van der Waals surface area contributed by atoms with Crippen molar-refractivity contribution in [3.63, 3.8) is 0 Å². The number of fused-ring (bicyclic) bond motifs is 2. The number of piperidine rings is 1. The van der Waals surface area contributed by atoms with Crippen LogP contribution in [-0.4, -0.2) is 35.7 Å². The molecule has 18 heavy (non-hydrogen) atoms. The molecule has 2 aliphatic heterocycles. The van der Waals surface area contributed by atoms with Gasteiger partial charge in [0.25, 0.3) is 0 Å². The Bertz CT molecular complexity index is 419. The van der Waals surface area contributed by atoms with Crippen LogP contribution in [0.3, 0.4) is 0 Å². The average molecular weight is 266 g/mol. The van der Waals surface area contributed by atoms with E-state index in [4.69, 9.17) is 11.6 Å². The molecule has 0 radical (unpaired) electrons. The van der Waals surface area contributed by atoms with Gasteiger partial charge in [-0.25, -0.2) is 0 Å². The van der Waals surface area contributed by atoms with Crippen molar-refractivity contribution in [3.8, 4) is 0 Å². The third-order valence-corrected chi connectivity index (χ3v) is 5.19. The van der Waals surface area contributed by atoms with Crippen LogP contribution in [0, 0.1) is 5.92 Å². The van der Waals surface area contributed by atoms with Crippen LogP contribution in [0.25, 0.3) is 0 Å². The highest BCUT2D eigenvalue weighted by atomic mass is 35.5. The molecule has 0 saturated carbocycles. The van der Waals surface area contributed by atoms with Crippen molar-refractivity contribution >= 4 is 11.6 Å². The van der Waals surface area contributed by atoms with E-state index in [0.29, 0.717) is 23.9 Å². The Hall–Kier alpha value is -0.570. The quantitative estimate of drug-likeness (QED) is 0.889. The molecule has 2 fully saturated rings. The van der Waals surface area contributed by atoms with Crippen molar-refractivity contribution in [2.24, 2.45) is 5.92 Å². The molecule has 3 rings (SSSR count). The van der Waals surface area contributed by atoms with Gasteiger partial charge in [0.2, 0.25) is 0 Å². The van der Waals surface area contributed by atoms with Crippen LogP contribution >= 0.6 is 11.6 Å². The molecule has 98 valence electrons. The lowest BCUT2D eigenvalue weighted by Crippen LogP contribution is -2.47. The van der Waals surface area contributed by atoms with Gasteiger partial charge in [-0.15, -0.1) is 0 Å². The van der Waals surface area contributed by atoms with Crippen LogP contribution in [0.15, 0.2) is 24.3 Å². The van der Waals surface area contributed by atoms with E-state index in [-0.39, 0.29) is 6.61 Å². The fraction of sp³-hybridized carbons (Fsp3) is 0.600. The maximum atomic E-state index is 9.76. The smallest absolute Gasteiger partial charge is 0.0480 e. The van der Waals surface area contributed by atoms with Crippen LogP contribution in [0.2, 0.25) is 5.02 Å². The number of aliphatic hydroxyl groups is 1. The molecule has 2 aliphatic rings. The molecule has 0 aliphatic carbocycles. The first-order chi connectivity index (χ1) is 8.70. The first-order valence-electron chi connectivity index (χ1n) is 6.79. The molecule has 2 nitrogen and oxygen atoms in total. The van der Waals surface area contributed by atoms with Crippen LogP contribution in [0.5, 0.6) is 0 Å². The third-order valence-electron chi connectivity index (χ3n) is 4.94. The normalized spacial score (nSPS) is 35.9. The monoisotopic (exact) mass is 265 g/mol. The van der Waals surface area contributed by atoms with E-state index in [1.54, 1.807) is 0 Å². The van der Waals surface area contributed by atoms with Crippen molar-refractivity contribution in [2.75, 3.05) is 13.7 Å². The van der Waals surface area contributed by atoms with Crippen molar-refractivity contribution in [1.82, 2.24) is 4.90 Å². The third kappa shape index (κ3) is 1.97. The number of hydrogen-bond donors (Lipinski definition) is 1. The zero-order valence-electron chi connectivity index (χ0n) is 10.7. The van der Waals surface area contributed by atoms with Gasteiger partial charge in [0.1, 0.15) is 0 Å². The average Bonchev–Trinajstić information content (AvgIpc) is 2.63. The van der Waals surface area contributed by atoms with Gasteiger partial charge < -0.3 is 10.0 Å². The lowest BCUT2D eigenvalue weighted by Gasteiger charge is -2.42. The maximum Gasteiger partial charge on any atom is 0.0480 e. The summed E-state index contributed by atoms with van der Waals surface area (Å²) >= 11 is 5.96. The molecule has 2 heterocycles. The second-order valence-electron chi connectivity index (χ2n) is 5.70. The Morgan fingerprint density at radius 2 is 2.00 bits per heavy atom. The van der Waals surface area contributed by atoms with E-state index < -0.39 is 0 Å². The van der Waals surface area contributed by atoms with Gasteiger partial charge in [-0.05, 0) is 49.9 Å². The minimum atomic E-state index is 0.287. The van der Waals surface area contributed by atoms with E-state index in [9.17, 15) is 5.11 Å². The Balaban J connectivity index is 1.89. The number of benzene rings is 1. The molecule has 1 N–H and O–H groups in total. The Morgan fingerprint density at radius 3 is 2.67 bits per heavy atom. The summed E-state index contributed by atoms with van der Waals surface area (Å²) in [6.45, 7) is 0.287. The van der Waals surface area contributed by atoms with Crippen molar-refractivity contribution in [1.29, 1.82) is 0 Å². The molecule has 0 spiro atoms. The van der Waals surface area contributed by atoms with Gasteiger partial charge in [0.05, 0.1) is 0 Å². The summed E-state index contributed by atoms with van der Waals surface area (Å²) in [6.07, 6.45) is 3.68. The highest BCUT2D eigenvalue weighted by Crippen LogP contribution is 2.45. The van der Waals surface area contributed by atoms with Gasteiger partial charge in [-0.3, -0.25) is 0 Å². The van der Waals surface area contributed by atoms with Crippen LogP contribution in [0.1, 0.15) is 30.7 Å². The largest absolute Gasteiger partial charge is 0.396 e. The van der Waals surface area contributed by atoms with E-state index in [1.165, 1.54) is 24.8 Å². The highest BCUT2D eigenvalue weighted by Gasteiger charge is 2.45. The minimum Gasteiger partial charge on any atom is -0.396 e. The molecule has 0 amide bonds. The summed E-state index contributed by atoms with van der Waals surface area (Å²) < 4.78 is 0. The maximum absolute atomic E-state index is 9.76. The molecule has 2 bridgehead atoms. The van der Waals surface area contributed by atoms with E-state index in [0.717, 1.165) is 5.02 Å². The Kier molecular flexibility index (Phi) is 3.35. The standard InChI is InChI=1S/C15H20ClNO/c1-17-12-6-7-15(17)14(9-18)13(8-12)10-2-4-11(16)5-3-10/h2-5,12-15,18H,6-9H2,1H3/t12-,13-,14?,15?/m1/s1. The fourth-order valence-corrected chi connectivity index (χ4v) is 4.05. The molecular formula is C15H20ClNO. The zero-order valence-corrected chi connectivity index (χ0v) is 11.5. The van der Waals surface area contributed by atoms with Crippen LogP contribution in [-0.2, 0) is 0 Å². The summed E-state index contributed by atoms with van der Waals surface area (Å²) in [4.78, 5) is 2.48. The van der Waals surface area contributed by atoms with Crippen LogP contribution < -0.4 is 0 Å². The van der Waals surface area contributed by atoms with Crippen molar-refractivity contribution < 1.29 is 5.11 Å². The lowest BCUT2D eigenvalue weighted by molar-refractivity contribution is 0.0592. The molecule has 3 heteroatoms. The predicted molar refractivity (Wildman–Crippen MR) is 74.0 cm³/mol. The Morgan fingerprint density at radius 1 is 1.28 bits per heavy atom. The second-order valence-corrected chi connectivity index (χ2v) is 6.14. The minimum absolute atomic E-state index is 0.287. The van der Waals surface area contributed by atoms with Crippen molar-refractivity contribution in [2.45, 2.75) is 37.3 Å². The SMILES string of the molecule is CN1C2CC[C@@H]1C[C@H](c1ccc(Cl)cc1)C2CO. The number of hydrogen-bond acceptors (Lipinski definition) is 2. The Labute approximate surface area is 114 Å². The van der Waals surface area contributed by atoms with Crippen molar-refractivity contribution in [3.05, 3.63) is 34.9 Å². The number of halogens is 1. The molecule has 1 aromatic rings. The lowest BCUT2D eigenvalue weighted by atomic mass is 9.76. The van der Waals surface area contributed by atoms with Gasteiger partial charge in [0.15, 0.2) is 0 Å². The van der Waals surface area contributed by atoms with Gasteiger partial charge in [-0.2, -0.15) is 0 Å². The summed E-state index contributed by atoms with van der Waals surface area (Å²) in [5, 5.41) is 10.5. The number of rotatable bonds is 2. The highest BCUT2D eigenvalue weighted by molar-refractivity contribution is 6.30. The summed E-state index contributed by atoms with van der Waals surface area (Å²) in [5.41, 5.74) is 1.34. The van der Waals surface area contributed by atoms with E-state index in [2.05, 4.69) is 24.1 Å². The molecule has 4 atom stereocenters. The summed E-state index contributed by atoms with van der Waals surface area (Å²) in [7, 11) is 2.21. The van der Waals surface area contributed by atoms with Gasteiger partial charge >= 0.3 is 0 Å². The van der Waals surface area contributed by atoms with Gasteiger partial charge in [0, 0.05) is 29.6 Å².